The molecule has 1 aromatic rings. The molecule has 0 aromatic carbocycles. The predicted molar refractivity (Wildman–Crippen MR) is 62.9 cm³/mol. The first-order chi connectivity index (χ1) is 8.31. The van der Waals surface area contributed by atoms with E-state index in [9.17, 15) is 0 Å². The summed E-state index contributed by atoms with van der Waals surface area (Å²) in [5.74, 6) is 2.46. The topological polar surface area (TPSA) is 70.3 Å². The van der Waals surface area contributed by atoms with E-state index < -0.39 is 0 Å². The van der Waals surface area contributed by atoms with E-state index in [-0.39, 0.29) is 6.10 Å². The van der Waals surface area contributed by atoms with Gasteiger partial charge in [0, 0.05) is 24.8 Å². The fraction of sp³-hybridized carbons (Fsp3) is 0.667. The Morgan fingerprint density at radius 2 is 1.94 bits per heavy atom. The summed E-state index contributed by atoms with van der Waals surface area (Å²) in [6.45, 7) is 1.53. The molecule has 1 aromatic heterocycles. The van der Waals surface area contributed by atoms with Crippen LogP contribution in [0.2, 0.25) is 0 Å². The van der Waals surface area contributed by atoms with E-state index in [4.69, 9.17) is 15.2 Å². The van der Waals surface area contributed by atoms with E-state index >= 15 is 0 Å². The molecule has 0 unspecified atom stereocenters. The van der Waals surface area contributed by atoms with Crippen LogP contribution in [0.1, 0.15) is 37.4 Å². The Labute approximate surface area is 100 Å². The molecule has 1 aliphatic carbocycles. The Kier molecular flexibility index (Phi) is 2.84. The molecule has 0 amide bonds. The van der Waals surface area contributed by atoms with Crippen molar-refractivity contribution in [3.05, 3.63) is 11.9 Å². The minimum Gasteiger partial charge on any atom is -0.474 e. The van der Waals surface area contributed by atoms with E-state index in [1.807, 2.05) is 0 Å². The number of anilines is 1. The zero-order chi connectivity index (χ0) is 11.7. The first kappa shape index (κ1) is 10.8. The van der Waals surface area contributed by atoms with Crippen LogP contribution in [0.4, 0.5) is 5.82 Å². The molecule has 3 rings (SSSR count). The Hall–Kier alpha value is -1.36. The highest BCUT2D eigenvalue weighted by atomic mass is 16.5. The molecular weight excluding hydrogens is 218 g/mol. The van der Waals surface area contributed by atoms with Crippen molar-refractivity contribution in [3.8, 4) is 5.88 Å². The summed E-state index contributed by atoms with van der Waals surface area (Å²) >= 11 is 0. The largest absolute Gasteiger partial charge is 0.474 e. The highest BCUT2D eigenvalue weighted by Gasteiger charge is 2.27. The zero-order valence-corrected chi connectivity index (χ0v) is 9.76. The minimum absolute atomic E-state index is 0.199. The highest BCUT2D eigenvalue weighted by Crippen LogP contribution is 2.38. The summed E-state index contributed by atoms with van der Waals surface area (Å²) in [5, 5.41) is 0. The van der Waals surface area contributed by atoms with Crippen LogP contribution in [-0.4, -0.2) is 29.3 Å². The molecule has 2 N–H and O–H groups in total. The minimum atomic E-state index is 0.199. The second-order valence-corrected chi connectivity index (χ2v) is 4.69. The molecule has 0 bridgehead atoms. The quantitative estimate of drug-likeness (QED) is 0.859. The first-order valence-electron chi connectivity index (χ1n) is 6.20. The average Bonchev–Trinajstić information content (AvgIpc) is 3.13. The SMILES string of the molecule is Nc1cc(OC2CCOCC2)nc(C2CC2)n1. The Morgan fingerprint density at radius 3 is 2.65 bits per heavy atom. The van der Waals surface area contributed by atoms with Gasteiger partial charge in [0.1, 0.15) is 17.7 Å². The molecule has 1 saturated heterocycles. The van der Waals surface area contributed by atoms with Gasteiger partial charge in [-0.25, -0.2) is 4.98 Å². The van der Waals surface area contributed by atoms with Crippen LogP contribution in [0.5, 0.6) is 5.88 Å². The van der Waals surface area contributed by atoms with Crippen molar-refractivity contribution in [1.82, 2.24) is 9.97 Å². The van der Waals surface area contributed by atoms with Gasteiger partial charge in [0.2, 0.25) is 5.88 Å². The number of hydrogen-bond donors (Lipinski definition) is 1. The van der Waals surface area contributed by atoms with Gasteiger partial charge in [-0.3, -0.25) is 0 Å². The number of rotatable bonds is 3. The summed E-state index contributed by atoms with van der Waals surface area (Å²) in [6.07, 6.45) is 4.37. The highest BCUT2D eigenvalue weighted by molar-refractivity contribution is 5.34. The molecule has 1 saturated carbocycles. The Bertz CT molecular complexity index is 401. The molecule has 5 nitrogen and oxygen atoms in total. The maximum Gasteiger partial charge on any atom is 0.219 e. The van der Waals surface area contributed by atoms with Crippen LogP contribution in [0.15, 0.2) is 6.07 Å². The first-order valence-corrected chi connectivity index (χ1v) is 6.20. The molecule has 2 fully saturated rings. The molecule has 0 spiro atoms. The Morgan fingerprint density at radius 1 is 1.18 bits per heavy atom. The lowest BCUT2D eigenvalue weighted by Gasteiger charge is -2.22. The van der Waals surface area contributed by atoms with E-state index in [0.717, 1.165) is 31.9 Å². The van der Waals surface area contributed by atoms with Gasteiger partial charge in [-0.15, -0.1) is 0 Å². The number of nitrogens with zero attached hydrogens (tertiary/aromatic N) is 2. The monoisotopic (exact) mass is 235 g/mol. The molecule has 5 heteroatoms. The van der Waals surface area contributed by atoms with Crippen LogP contribution in [0.25, 0.3) is 0 Å². The van der Waals surface area contributed by atoms with Gasteiger partial charge in [-0.1, -0.05) is 0 Å². The van der Waals surface area contributed by atoms with Gasteiger partial charge in [-0.05, 0) is 12.8 Å². The van der Waals surface area contributed by atoms with Gasteiger partial charge in [0.25, 0.3) is 0 Å². The maximum atomic E-state index is 5.84. The molecule has 0 radical (unpaired) electrons. The second kappa shape index (κ2) is 4.49. The van der Waals surface area contributed by atoms with Crippen molar-refractivity contribution >= 4 is 5.82 Å². The molecule has 17 heavy (non-hydrogen) atoms. The van der Waals surface area contributed by atoms with Gasteiger partial charge in [-0.2, -0.15) is 4.98 Å². The van der Waals surface area contributed by atoms with E-state index in [2.05, 4.69) is 9.97 Å². The van der Waals surface area contributed by atoms with Crippen LogP contribution in [0, 0.1) is 0 Å². The van der Waals surface area contributed by atoms with Gasteiger partial charge in [0.05, 0.1) is 13.2 Å². The van der Waals surface area contributed by atoms with Crippen LogP contribution >= 0.6 is 0 Å². The summed E-state index contributed by atoms with van der Waals surface area (Å²) in [7, 11) is 0. The van der Waals surface area contributed by atoms with Crippen molar-refractivity contribution in [2.45, 2.75) is 37.7 Å². The molecule has 0 atom stereocenters. The molecule has 2 heterocycles. The number of nitrogens with two attached hydrogens (primary N) is 1. The van der Waals surface area contributed by atoms with E-state index in [0.29, 0.717) is 17.6 Å². The third-order valence-corrected chi connectivity index (χ3v) is 3.14. The predicted octanol–water partition coefficient (Wildman–Crippen LogP) is 1.49. The Balaban J connectivity index is 1.72. The molecule has 1 aliphatic heterocycles. The lowest BCUT2D eigenvalue weighted by Crippen LogP contribution is -2.26. The third-order valence-electron chi connectivity index (χ3n) is 3.14. The van der Waals surface area contributed by atoms with Crippen LogP contribution < -0.4 is 10.5 Å². The zero-order valence-electron chi connectivity index (χ0n) is 9.76. The van der Waals surface area contributed by atoms with Crippen molar-refractivity contribution < 1.29 is 9.47 Å². The summed E-state index contributed by atoms with van der Waals surface area (Å²) in [4.78, 5) is 8.69. The molecule has 2 aliphatic rings. The lowest BCUT2D eigenvalue weighted by atomic mass is 10.1. The summed E-state index contributed by atoms with van der Waals surface area (Å²) < 4.78 is 11.1. The fourth-order valence-corrected chi connectivity index (χ4v) is 2.01. The van der Waals surface area contributed by atoms with Crippen molar-refractivity contribution in [2.75, 3.05) is 18.9 Å². The normalized spacial score (nSPS) is 21.4. The van der Waals surface area contributed by atoms with Crippen molar-refractivity contribution in [1.29, 1.82) is 0 Å². The summed E-state index contributed by atoms with van der Waals surface area (Å²) in [5.41, 5.74) is 5.77. The van der Waals surface area contributed by atoms with Crippen molar-refractivity contribution in [2.24, 2.45) is 0 Å². The smallest absolute Gasteiger partial charge is 0.219 e. The average molecular weight is 235 g/mol. The second-order valence-electron chi connectivity index (χ2n) is 4.69. The number of ether oxygens (including phenoxy) is 2. The standard InChI is InChI=1S/C12H17N3O2/c13-10-7-11(15-12(14-10)8-1-2-8)17-9-3-5-16-6-4-9/h7-9H,1-6H2,(H2,13,14,15). The maximum absolute atomic E-state index is 5.84. The van der Waals surface area contributed by atoms with Gasteiger partial charge in [0.15, 0.2) is 0 Å². The van der Waals surface area contributed by atoms with Crippen LogP contribution in [0.3, 0.4) is 0 Å². The van der Waals surface area contributed by atoms with Gasteiger partial charge >= 0.3 is 0 Å². The van der Waals surface area contributed by atoms with Gasteiger partial charge < -0.3 is 15.2 Å². The van der Waals surface area contributed by atoms with Crippen LogP contribution in [-0.2, 0) is 4.74 Å². The van der Waals surface area contributed by atoms with E-state index in [1.165, 1.54) is 12.8 Å². The molecular formula is C12H17N3O2. The molecule has 92 valence electrons. The summed E-state index contributed by atoms with van der Waals surface area (Å²) in [6, 6.07) is 1.71. The van der Waals surface area contributed by atoms with Crippen molar-refractivity contribution in [3.63, 3.8) is 0 Å². The lowest BCUT2D eigenvalue weighted by molar-refractivity contribution is 0.0236. The number of hydrogen-bond acceptors (Lipinski definition) is 5. The third kappa shape index (κ3) is 2.66. The number of aromatic nitrogens is 2. The fourth-order valence-electron chi connectivity index (χ4n) is 2.01. The number of nitrogen functional groups attached to an aromatic ring is 1. The van der Waals surface area contributed by atoms with E-state index in [1.54, 1.807) is 6.07 Å².